The predicted octanol–water partition coefficient (Wildman–Crippen LogP) is 2.98. The van der Waals surface area contributed by atoms with Gasteiger partial charge in [-0.25, -0.2) is 0 Å². The van der Waals surface area contributed by atoms with Gasteiger partial charge in [-0.2, -0.15) is 0 Å². The fourth-order valence-corrected chi connectivity index (χ4v) is 2.55. The summed E-state index contributed by atoms with van der Waals surface area (Å²) in [5.74, 6) is 0.155. The molecule has 19 heavy (non-hydrogen) atoms. The summed E-state index contributed by atoms with van der Waals surface area (Å²) in [5.41, 5.74) is 1.11. The minimum absolute atomic E-state index is 0. The maximum Gasteiger partial charge on any atom is 0.220 e. The van der Waals surface area contributed by atoms with Crippen molar-refractivity contribution in [3.05, 3.63) is 34.3 Å². The third-order valence-corrected chi connectivity index (χ3v) is 3.83. The van der Waals surface area contributed by atoms with Crippen molar-refractivity contribution in [2.75, 3.05) is 13.6 Å². The monoisotopic (exact) mass is 346 g/mol. The Morgan fingerprint density at radius 3 is 2.74 bits per heavy atom. The number of benzene rings is 1. The van der Waals surface area contributed by atoms with Crippen LogP contribution in [0.3, 0.4) is 0 Å². The molecule has 0 aromatic heterocycles. The molecular weight excluding hydrogens is 328 g/mol. The summed E-state index contributed by atoms with van der Waals surface area (Å²) >= 11 is 3.48. The summed E-state index contributed by atoms with van der Waals surface area (Å²) < 4.78 is 1.07. The second-order valence-corrected chi connectivity index (χ2v) is 5.76. The molecule has 2 N–H and O–H groups in total. The minimum Gasteiger partial charge on any atom is -0.347 e. The zero-order valence-corrected chi connectivity index (χ0v) is 13.4. The molecule has 1 aliphatic rings. The lowest BCUT2D eigenvalue weighted by atomic mass is 10.0. The lowest BCUT2D eigenvalue weighted by Crippen LogP contribution is -2.35. The van der Waals surface area contributed by atoms with Crippen LogP contribution in [0, 0.1) is 0 Å². The topological polar surface area (TPSA) is 41.1 Å². The van der Waals surface area contributed by atoms with Gasteiger partial charge in [-0.1, -0.05) is 28.1 Å². The lowest BCUT2D eigenvalue weighted by Gasteiger charge is -2.18. The van der Waals surface area contributed by atoms with E-state index in [9.17, 15) is 4.79 Å². The molecule has 106 valence electrons. The molecule has 3 nitrogen and oxygen atoms in total. The maximum atomic E-state index is 11.9. The van der Waals surface area contributed by atoms with Gasteiger partial charge in [0.2, 0.25) is 5.91 Å². The Hall–Kier alpha value is -0.580. The third kappa shape index (κ3) is 4.48. The predicted molar refractivity (Wildman–Crippen MR) is 83.6 cm³/mol. The van der Waals surface area contributed by atoms with E-state index in [1.54, 1.807) is 0 Å². The first-order valence-corrected chi connectivity index (χ1v) is 7.17. The molecule has 0 saturated heterocycles. The van der Waals surface area contributed by atoms with Crippen molar-refractivity contribution in [2.24, 2.45) is 0 Å². The van der Waals surface area contributed by atoms with E-state index in [0.29, 0.717) is 6.42 Å². The smallest absolute Gasteiger partial charge is 0.220 e. The van der Waals surface area contributed by atoms with Crippen molar-refractivity contribution in [3.8, 4) is 0 Å². The molecule has 1 fully saturated rings. The summed E-state index contributed by atoms with van der Waals surface area (Å²) in [5, 5.41) is 6.24. The molecule has 1 saturated carbocycles. The Balaban J connectivity index is 0.00000180. The van der Waals surface area contributed by atoms with Gasteiger partial charge in [-0.05, 0) is 50.6 Å². The molecule has 2 rings (SSSR count). The van der Waals surface area contributed by atoms with Crippen LogP contribution in [-0.2, 0) is 10.3 Å². The molecular formula is C14H20BrClN2O. The summed E-state index contributed by atoms with van der Waals surface area (Å²) in [7, 11) is 1.90. The van der Waals surface area contributed by atoms with E-state index in [1.165, 1.54) is 5.56 Å². The van der Waals surface area contributed by atoms with Gasteiger partial charge in [0.25, 0.3) is 0 Å². The first-order chi connectivity index (χ1) is 8.66. The number of carbonyl (C=O) groups is 1. The largest absolute Gasteiger partial charge is 0.347 e. The van der Waals surface area contributed by atoms with Gasteiger partial charge in [-0.3, -0.25) is 4.79 Å². The lowest BCUT2D eigenvalue weighted by molar-refractivity contribution is -0.122. The summed E-state index contributed by atoms with van der Waals surface area (Å²) in [6.07, 6.45) is 3.57. The van der Waals surface area contributed by atoms with Crippen LogP contribution in [0.25, 0.3) is 0 Å². The highest BCUT2D eigenvalue weighted by Crippen LogP contribution is 2.46. The van der Waals surface area contributed by atoms with E-state index in [2.05, 4.69) is 38.7 Å². The first-order valence-electron chi connectivity index (χ1n) is 6.38. The van der Waals surface area contributed by atoms with Crippen LogP contribution in [0.5, 0.6) is 0 Å². The average Bonchev–Trinajstić information content (AvgIpc) is 3.10. The average molecular weight is 348 g/mol. The zero-order chi connectivity index (χ0) is 13.0. The quantitative estimate of drug-likeness (QED) is 0.777. The number of hydrogen-bond acceptors (Lipinski definition) is 2. The van der Waals surface area contributed by atoms with Gasteiger partial charge in [-0.15, -0.1) is 12.4 Å². The molecule has 0 spiro atoms. The molecule has 0 atom stereocenters. The van der Waals surface area contributed by atoms with Gasteiger partial charge in [0, 0.05) is 10.9 Å². The normalized spacial score (nSPS) is 15.5. The van der Waals surface area contributed by atoms with Gasteiger partial charge in [0.15, 0.2) is 0 Å². The van der Waals surface area contributed by atoms with Gasteiger partial charge in [0.05, 0.1) is 5.54 Å². The van der Waals surface area contributed by atoms with Crippen LogP contribution in [0.15, 0.2) is 28.7 Å². The first kappa shape index (κ1) is 16.5. The summed E-state index contributed by atoms with van der Waals surface area (Å²) in [4.78, 5) is 11.9. The number of hydrogen-bond donors (Lipinski definition) is 2. The van der Waals surface area contributed by atoms with Gasteiger partial charge < -0.3 is 10.6 Å². The number of amides is 1. The Morgan fingerprint density at radius 2 is 2.16 bits per heavy atom. The summed E-state index contributed by atoms with van der Waals surface area (Å²) in [6, 6.07) is 8.22. The van der Waals surface area contributed by atoms with Crippen molar-refractivity contribution in [2.45, 2.75) is 31.2 Å². The molecule has 0 aliphatic heterocycles. The Labute approximate surface area is 129 Å². The standard InChI is InChI=1S/C14H19BrN2O.ClH/c1-16-9-3-6-13(18)17-14(7-8-14)11-4-2-5-12(15)10-11;/h2,4-5,10,16H,3,6-9H2,1H3,(H,17,18);1H. The number of nitrogens with one attached hydrogen (secondary N) is 2. The van der Waals surface area contributed by atoms with Crippen LogP contribution < -0.4 is 10.6 Å². The summed E-state index contributed by atoms with van der Waals surface area (Å²) in [6.45, 7) is 0.886. The Kier molecular flexibility index (Phi) is 6.30. The van der Waals surface area contributed by atoms with E-state index in [0.717, 1.165) is 30.3 Å². The van der Waals surface area contributed by atoms with E-state index >= 15 is 0 Å². The van der Waals surface area contributed by atoms with Crippen molar-refractivity contribution < 1.29 is 4.79 Å². The van der Waals surface area contributed by atoms with Crippen LogP contribution in [0.4, 0.5) is 0 Å². The number of halogens is 2. The minimum atomic E-state index is -0.0967. The molecule has 0 radical (unpaired) electrons. The Morgan fingerprint density at radius 1 is 1.42 bits per heavy atom. The van der Waals surface area contributed by atoms with Crippen molar-refractivity contribution in [1.82, 2.24) is 10.6 Å². The fourth-order valence-electron chi connectivity index (χ4n) is 2.15. The van der Waals surface area contributed by atoms with E-state index < -0.39 is 0 Å². The van der Waals surface area contributed by atoms with E-state index in [-0.39, 0.29) is 23.9 Å². The van der Waals surface area contributed by atoms with E-state index in [4.69, 9.17) is 0 Å². The highest BCUT2D eigenvalue weighted by Gasteiger charge is 2.45. The second kappa shape index (κ2) is 7.27. The van der Waals surface area contributed by atoms with Crippen LogP contribution in [-0.4, -0.2) is 19.5 Å². The molecule has 0 heterocycles. The van der Waals surface area contributed by atoms with E-state index in [1.807, 2.05) is 19.2 Å². The fraction of sp³-hybridized carbons (Fsp3) is 0.500. The van der Waals surface area contributed by atoms with Crippen LogP contribution >= 0.6 is 28.3 Å². The second-order valence-electron chi connectivity index (χ2n) is 4.85. The maximum absolute atomic E-state index is 11.9. The highest BCUT2D eigenvalue weighted by atomic mass is 79.9. The molecule has 0 unspecified atom stereocenters. The van der Waals surface area contributed by atoms with Crippen LogP contribution in [0.2, 0.25) is 0 Å². The molecule has 1 aromatic rings. The molecule has 1 aliphatic carbocycles. The van der Waals surface area contributed by atoms with Gasteiger partial charge >= 0.3 is 0 Å². The van der Waals surface area contributed by atoms with Crippen molar-refractivity contribution in [1.29, 1.82) is 0 Å². The van der Waals surface area contributed by atoms with Gasteiger partial charge in [0.1, 0.15) is 0 Å². The highest BCUT2D eigenvalue weighted by molar-refractivity contribution is 9.10. The van der Waals surface area contributed by atoms with Crippen molar-refractivity contribution >= 4 is 34.2 Å². The number of rotatable bonds is 6. The Bertz CT molecular complexity index is 435. The van der Waals surface area contributed by atoms with Crippen LogP contribution in [0.1, 0.15) is 31.2 Å². The molecule has 5 heteroatoms. The SMILES string of the molecule is CNCCCC(=O)NC1(c2cccc(Br)c2)CC1.Cl. The molecule has 0 bridgehead atoms. The molecule has 1 aromatic carbocycles. The third-order valence-electron chi connectivity index (χ3n) is 3.34. The number of carbonyl (C=O) groups excluding carboxylic acids is 1. The zero-order valence-electron chi connectivity index (χ0n) is 11.0. The van der Waals surface area contributed by atoms with Crippen molar-refractivity contribution in [3.63, 3.8) is 0 Å². The molecule has 1 amide bonds.